The van der Waals surface area contributed by atoms with Gasteiger partial charge in [-0.2, -0.15) is 4.68 Å². The van der Waals surface area contributed by atoms with Crippen LogP contribution in [-0.2, 0) is 23.8 Å². The first-order valence-electron chi connectivity index (χ1n) is 7.24. The minimum absolute atomic E-state index is 0.0457. The second-order valence-corrected chi connectivity index (χ2v) is 4.96. The molecule has 2 heterocycles. The lowest BCUT2D eigenvalue weighted by Gasteiger charge is -2.32. The number of hydrogen-bond acceptors (Lipinski definition) is 9. The molecule has 0 bridgehead atoms. The van der Waals surface area contributed by atoms with Crippen LogP contribution in [0.15, 0.2) is 41.9 Å². The zero-order chi connectivity index (χ0) is 17.8. The van der Waals surface area contributed by atoms with E-state index in [1.165, 1.54) is 30.1 Å². The SMILES string of the molecule is COC(=O)C1=C(C(=O)OC)N(c2ccccc2-n2cnnn2)COC1. The summed E-state index contributed by atoms with van der Waals surface area (Å²) in [4.78, 5) is 25.9. The molecule has 0 N–H and O–H groups in total. The number of methoxy groups -OCH3 is 2. The number of hydrogen-bond donors (Lipinski definition) is 0. The summed E-state index contributed by atoms with van der Waals surface area (Å²) in [6, 6.07) is 7.11. The van der Waals surface area contributed by atoms with Gasteiger partial charge in [-0.05, 0) is 22.6 Å². The third kappa shape index (κ3) is 3.06. The third-order valence-corrected chi connectivity index (χ3v) is 3.60. The number of nitrogens with zero attached hydrogens (tertiary/aromatic N) is 5. The van der Waals surface area contributed by atoms with E-state index in [0.29, 0.717) is 11.4 Å². The van der Waals surface area contributed by atoms with Gasteiger partial charge in [0.25, 0.3) is 0 Å². The lowest BCUT2D eigenvalue weighted by atomic mass is 10.1. The Morgan fingerprint density at radius 3 is 2.48 bits per heavy atom. The van der Waals surface area contributed by atoms with E-state index < -0.39 is 11.9 Å². The summed E-state index contributed by atoms with van der Waals surface area (Å²) in [5, 5.41) is 11.1. The fraction of sp³-hybridized carbons (Fsp3) is 0.267. The van der Waals surface area contributed by atoms with Gasteiger partial charge >= 0.3 is 11.9 Å². The molecule has 1 aliphatic heterocycles. The first-order valence-corrected chi connectivity index (χ1v) is 7.24. The monoisotopic (exact) mass is 345 g/mol. The molecule has 0 fully saturated rings. The summed E-state index contributed by atoms with van der Waals surface area (Å²) >= 11 is 0. The number of carbonyl (C=O) groups excluding carboxylic acids is 2. The van der Waals surface area contributed by atoms with Crippen LogP contribution in [-0.4, -0.2) is 59.7 Å². The van der Waals surface area contributed by atoms with Crippen molar-refractivity contribution in [2.75, 3.05) is 32.5 Å². The Kier molecular flexibility index (Phi) is 4.70. The number of tetrazole rings is 1. The lowest BCUT2D eigenvalue weighted by molar-refractivity contribution is -0.140. The summed E-state index contributed by atoms with van der Waals surface area (Å²) in [5.41, 5.74) is 1.30. The highest BCUT2D eigenvalue weighted by atomic mass is 16.5. The molecule has 0 atom stereocenters. The molecule has 0 spiro atoms. The summed E-state index contributed by atoms with van der Waals surface area (Å²) in [6.07, 6.45) is 1.42. The van der Waals surface area contributed by atoms with Crippen molar-refractivity contribution < 1.29 is 23.8 Å². The van der Waals surface area contributed by atoms with Gasteiger partial charge in [0.2, 0.25) is 0 Å². The molecular formula is C15H15N5O5. The van der Waals surface area contributed by atoms with Gasteiger partial charge in [0.1, 0.15) is 18.8 Å². The van der Waals surface area contributed by atoms with Gasteiger partial charge in [-0.15, -0.1) is 5.10 Å². The fourth-order valence-electron chi connectivity index (χ4n) is 2.49. The van der Waals surface area contributed by atoms with Gasteiger partial charge in [-0.25, -0.2) is 9.59 Å². The minimum Gasteiger partial charge on any atom is -0.466 e. The Morgan fingerprint density at radius 2 is 1.84 bits per heavy atom. The standard InChI is InChI=1S/C15H15N5O5/c1-23-14(21)10-7-25-9-19(13(10)15(22)24-2)11-5-3-4-6-12(11)20-8-16-17-18-20/h3-6,8H,7,9H2,1-2H3. The van der Waals surface area contributed by atoms with E-state index >= 15 is 0 Å². The second-order valence-electron chi connectivity index (χ2n) is 4.96. The van der Waals surface area contributed by atoms with Crippen LogP contribution >= 0.6 is 0 Å². The Labute approximate surface area is 142 Å². The summed E-state index contributed by atoms with van der Waals surface area (Å²) in [7, 11) is 2.48. The molecule has 0 aliphatic carbocycles. The molecule has 25 heavy (non-hydrogen) atoms. The summed E-state index contributed by atoms with van der Waals surface area (Å²) in [5.74, 6) is -1.33. The summed E-state index contributed by atoms with van der Waals surface area (Å²) < 4.78 is 16.5. The van der Waals surface area contributed by atoms with Gasteiger partial charge in [0.15, 0.2) is 0 Å². The number of aromatic nitrogens is 4. The predicted octanol–water partition coefficient (Wildman–Crippen LogP) is 0.0565. The molecule has 1 aromatic carbocycles. The highest BCUT2D eigenvalue weighted by Crippen LogP contribution is 2.31. The van der Waals surface area contributed by atoms with Crippen molar-refractivity contribution in [3.05, 3.63) is 41.9 Å². The van der Waals surface area contributed by atoms with E-state index in [-0.39, 0.29) is 24.6 Å². The molecule has 0 saturated carbocycles. The van der Waals surface area contributed by atoms with Crippen molar-refractivity contribution in [1.29, 1.82) is 0 Å². The van der Waals surface area contributed by atoms with Crippen molar-refractivity contribution in [2.24, 2.45) is 0 Å². The van der Waals surface area contributed by atoms with Crippen molar-refractivity contribution >= 4 is 17.6 Å². The van der Waals surface area contributed by atoms with Crippen LogP contribution in [0, 0.1) is 0 Å². The maximum Gasteiger partial charge on any atom is 0.355 e. The second kappa shape index (κ2) is 7.09. The van der Waals surface area contributed by atoms with E-state index in [4.69, 9.17) is 14.2 Å². The number of benzene rings is 1. The number of carbonyl (C=O) groups is 2. The molecule has 2 aromatic rings. The average molecular weight is 345 g/mol. The van der Waals surface area contributed by atoms with Gasteiger partial charge in [0.05, 0.1) is 37.8 Å². The number of ether oxygens (including phenoxy) is 3. The van der Waals surface area contributed by atoms with E-state index in [9.17, 15) is 9.59 Å². The maximum atomic E-state index is 12.3. The van der Waals surface area contributed by atoms with Crippen LogP contribution in [0.1, 0.15) is 0 Å². The molecule has 0 saturated heterocycles. The predicted molar refractivity (Wildman–Crippen MR) is 83.5 cm³/mol. The van der Waals surface area contributed by atoms with E-state index in [2.05, 4.69) is 15.5 Å². The molecule has 10 nitrogen and oxygen atoms in total. The van der Waals surface area contributed by atoms with Crippen LogP contribution in [0.25, 0.3) is 5.69 Å². The smallest absolute Gasteiger partial charge is 0.355 e. The summed E-state index contributed by atoms with van der Waals surface area (Å²) in [6.45, 7) is -0.00921. The molecule has 3 rings (SSSR count). The first-order chi connectivity index (χ1) is 12.2. The van der Waals surface area contributed by atoms with Crippen LogP contribution in [0.5, 0.6) is 0 Å². The molecule has 0 radical (unpaired) electrons. The van der Waals surface area contributed by atoms with Crippen LogP contribution < -0.4 is 4.90 Å². The topological polar surface area (TPSA) is 109 Å². The number of para-hydroxylation sites is 2. The molecule has 10 heteroatoms. The minimum atomic E-state index is -0.671. The lowest BCUT2D eigenvalue weighted by Crippen LogP contribution is -2.39. The molecular weight excluding hydrogens is 330 g/mol. The van der Waals surface area contributed by atoms with Crippen LogP contribution in [0.3, 0.4) is 0 Å². The maximum absolute atomic E-state index is 12.3. The van der Waals surface area contributed by atoms with Crippen molar-refractivity contribution in [3.63, 3.8) is 0 Å². The van der Waals surface area contributed by atoms with Crippen molar-refractivity contribution in [2.45, 2.75) is 0 Å². The quantitative estimate of drug-likeness (QED) is 0.710. The number of esters is 2. The molecule has 0 amide bonds. The van der Waals surface area contributed by atoms with Gasteiger partial charge in [-0.1, -0.05) is 12.1 Å². The highest BCUT2D eigenvalue weighted by molar-refractivity contribution is 6.03. The number of anilines is 1. The highest BCUT2D eigenvalue weighted by Gasteiger charge is 2.33. The normalized spacial score (nSPS) is 14.4. The average Bonchev–Trinajstić information content (AvgIpc) is 3.20. The van der Waals surface area contributed by atoms with Gasteiger partial charge < -0.3 is 19.1 Å². The van der Waals surface area contributed by atoms with E-state index in [1.807, 2.05) is 0 Å². The Hall–Kier alpha value is -3.27. The first kappa shape index (κ1) is 16.6. The zero-order valence-corrected chi connectivity index (χ0v) is 13.6. The molecule has 1 aliphatic rings. The Balaban J connectivity index is 2.16. The fourth-order valence-corrected chi connectivity index (χ4v) is 2.49. The Bertz CT molecular complexity index is 817. The van der Waals surface area contributed by atoms with Gasteiger partial charge in [-0.3, -0.25) is 0 Å². The van der Waals surface area contributed by atoms with Crippen molar-refractivity contribution in [1.82, 2.24) is 20.2 Å². The van der Waals surface area contributed by atoms with E-state index in [1.54, 1.807) is 24.3 Å². The van der Waals surface area contributed by atoms with Crippen LogP contribution in [0.2, 0.25) is 0 Å². The largest absolute Gasteiger partial charge is 0.466 e. The molecule has 0 unspecified atom stereocenters. The van der Waals surface area contributed by atoms with Crippen LogP contribution in [0.4, 0.5) is 5.69 Å². The van der Waals surface area contributed by atoms with E-state index in [0.717, 1.165) is 0 Å². The van der Waals surface area contributed by atoms with Gasteiger partial charge in [0, 0.05) is 0 Å². The van der Waals surface area contributed by atoms with Crippen molar-refractivity contribution in [3.8, 4) is 5.69 Å². The third-order valence-electron chi connectivity index (χ3n) is 3.60. The molecule has 130 valence electrons. The Morgan fingerprint density at radius 1 is 1.12 bits per heavy atom. The number of rotatable bonds is 4. The molecule has 1 aromatic heterocycles. The zero-order valence-electron chi connectivity index (χ0n) is 13.6.